The zero-order chi connectivity index (χ0) is 17.8. The van der Waals surface area contributed by atoms with Gasteiger partial charge in [-0.05, 0) is 36.6 Å². The van der Waals surface area contributed by atoms with Crippen molar-refractivity contribution in [1.82, 2.24) is 15.3 Å². The fraction of sp³-hybridized carbons (Fsp3) is 0.167. The summed E-state index contributed by atoms with van der Waals surface area (Å²) in [6.45, 7) is 1.58. The van der Waals surface area contributed by atoms with Crippen LogP contribution in [0.4, 0.5) is 0 Å². The Balaban J connectivity index is 2.05. The molecule has 0 aliphatic heterocycles. The molecule has 0 spiro atoms. The first-order valence-electron chi connectivity index (χ1n) is 7.67. The molecule has 5 nitrogen and oxygen atoms in total. The minimum absolute atomic E-state index is 0.140. The fourth-order valence-electron chi connectivity index (χ4n) is 2.19. The SMILES string of the molecule is C[C@@H](CO)NC(=O)c1cc(-c2ccc(Cl)cc2)nc(-c2cccs2)n1. The maximum Gasteiger partial charge on any atom is 0.270 e. The second kappa shape index (κ2) is 7.74. The van der Waals surface area contributed by atoms with Gasteiger partial charge in [-0.25, -0.2) is 9.97 Å². The van der Waals surface area contributed by atoms with Gasteiger partial charge < -0.3 is 10.4 Å². The molecule has 7 heteroatoms. The zero-order valence-corrected chi connectivity index (χ0v) is 15.0. The largest absolute Gasteiger partial charge is 0.394 e. The standard InChI is InChI=1S/C18H16ClN3O2S/c1-11(10-23)20-18(24)15-9-14(12-4-6-13(19)7-5-12)21-17(22-15)16-3-2-8-25-16/h2-9,11,23H,10H2,1H3,(H,20,24)/t11-/m0/s1. The van der Waals surface area contributed by atoms with Crippen molar-refractivity contribution in [2.75, 3.05) is 6.61 Å². The molecule has 0 radical (unpaired) electrons. The average molecular weight is 374 g/mol. The Hall–Kier alpha value is -2.28. The van der Waals surface area contributed by atoms with Crippen LogP contribution in [-0.2, 0) is 0 Å². The molecular weight excluding hydrogens is 358 g/mol. The Morgan fingerprint density at radius 1 is 1.28 bits per heavy atom. The van der Waals surface area contributed by atoms with Crippen LogP contribution in [-0.4, -0.2) is 33.6 Å². The van der Waals surface area contributed by atoms with Crippen LogP contribution < -0.4 is 5.32 Å². The quantitative estimate of drug-likeness (QED) is 0.716. The third-order valence-electron chi connectivity index (χ3n) is 3.49. The van der Waals surface area contributed by atoms with Crippen LogP contribution in [0.1, 0.15) is 17.4 Å². The Kier molecular flexibility index (Phi) is 5.43. The molecule has 2 N–H and O–H groups in total. The third kappa shape index (κ3) is 4.22. The number of thiophene rings is 1. The Morgan fingerprint density at radius 3 is 2.68 bits per heavy atom. The number of benzene rings is 1. The summed E-state index contributed by atoms with van der Waals surface area (Å²) < 4.78 is 0. The molecule has 1 atom stereocenters. The van der Waals surface area contributed by atoms with Crippen LogP contribution in [0.3, 0.4) is 0 Å². The van der Waals surface area contributed by atoms with Crippen molar-refractivity contribution in [2.45, 2.75) is 13.0 Å². The lowest BCUT2D eigenvalue weighted by Crippen LogP contribution is -2.35. The molecule has 0 bridgehead atoms. The van der Waals surface area contributed by atoms with Gasteiger partial charge in [-0.3, -0.25) is 4.79 Å². The highest BCUT2D eigenvalue weighted by atomic mass is 35.5. The third-order valence-corrected chi connectivity index (χ3v) is 4.61. The van der Waals surface area contributed by atoms with Crippen molar-refractivity contribution in [3.05, 3.63) is 58.6 Å². The highest BCUT2D eigenvalue weighted by molar-refractivity contribution is 7.13. The number of aliphatic hydroxyl groups excluding tert-OH is 1. The molecule has 2 aromatic heterocycles. The summed E-state index contributed by atoms with van der Waals surface area (Å²) in [5.74, 6) is 0.140. The second-order valence-electron chi connectivity index (χ2n) is 5.50. The van der Waals surface area contributed by atoms with E-state index in [1.165, 1.54) is 11.3 Å². The number of hydrogen-bond donors (Lipinski definition) is 2. The van der Waals surface area contributed by atoms with E-state index in [4.69, 9.17) is 16.7 Å². The summed E-state index contributed by atoms with van der Waals surface area (Å²) in [5.41, 5.74) is 1.73. The molecule has 0 saturated carbocycles. The number of nitrogens with zero attached hydrogens (tertiary/aromatic N) is 2. The van der Waals surface area contributed by atoms with E-state index in [9.17, 15) is 4.79 Å². The van der Waals surface area contributed by atoms with Crippen LogP contribution >= 0.6 is 22.9 Å². The maximum absolute atomic E-state index is 12.4. The van der Waals surface area contributed by atoms with Crippen molar-refractivity contribution >= 4 is 28.8 Å². The predicted molar refractivity (Wildman–Crippen MR) is 99.8 cm³/mol. The van der Waals surface area contributed by atoms with Crippen LogP contribution in [0.25, 0.3) is 22.0 Å². The minimum Gasteiger partial charge on any atom is -0.394 e. The van der Waals surface area contributed by atoms with Gasteiger partial charge in [0.05, 0.1) is 17.2 Å². The number of aliphatic hydroxyl groups is 1. The number of rotatable bonds is 5. The molecule has 3 rings (SSSR count). The van der Waals surface area contributed by atoms with E-state index in [2.05, 4.69) is 15.3 Å². The second-order valence-corrected chi connectivity index (χ2v) is 6.89. The van der Waals surface area contributed by atoms with Crippen molar-refractivity contribution < 1.29 is 9.90 Å². The van der Waals surface area contributed by atoms with Gasteiger partial charge >= 0.3 is 0 Å². The Bertz CT molecular complexity index is 867. The van der Waals surface area contributed by atoms with Gasteiger partial charge in [-0.15, -0.1) is 11.3 Å². The van der Waals surface area contributed by atoms with E-state index in [0.717, 1.165) is 10.4 Å². The first-order chi connectivity index (χ1) is 12.1. The fourth-order valence-corrected chi connectivity index (χ4v) is 2.98. The minimum atomic E-state index is -0.355. The molecule has 0 saturated heterocycles. The van der Waals surface area contributed by atoms with E-state index >= 15 is 0 Å². The summed E-state index contributed by atoms with van der Waals surface area (Å²) in [6.07, 6.45) is 0. The van der Waals surface area contributed by atoms with Crippen molar-refractivity contribution in [2.24, 2.45) is 0 Å². The lowest BCUT2D eigenvalue weighted by molar-refractivity contribution is 0.0917. The monoisotopic (exact) mass is 373 g/mol. The van der Waals surface area contributed by atoms with Gasteiger partial charge in [-0.1, -0.05) is 29.8 Å². The molecule has 0 fully saturated rings. The van der Waals surface area contributed by atoms with E-state index in [-0.39, 0.29) is 24.2 Å². The van der Waals surface area contributed by atoms with Gasteiger partial charge in [0.2, 0.25) is 0 Å². The smallest absolute Gasteiger partial charge is 0.270 e. The number of amides is 1. The lowest BCUT2D eigenvalue weighted by atomic mass is 10.1. The topological polar surface area (TPSA) is 75.1 Å². The normalized spacial score (nSPS) is 12.0. The first-order valence-corrected chi connectivity index (χ1v) is 8.93. The van der Waals surface area contributed by atoms with Crippen LogP contribution in [0, 0.1) is 0 Å². The van der Waals surface area contributed by atoms with E-state index in [1.807, 2.05) is 29.6 Å². The van der Waals surface area contributed by atoms with Gasteiger partial charge in [-0.2, -0.15) is 0 Å². The number of hydrogen-bond acceptors (Lipinski definition) is 5. The number of carbonyl (C=O) groups is 1. The van der Waals surface area contributed by atoms with Gasteiger partial charge in [0, 0.05) is 16.6 Å². The zero-order valence-electron chi connectivity index (χ0n) is 13.4. The summed E-state index contributed by atoms with van der Waals surface area (Å²) in [5, 5.41) is 14.4. The summed E-state index contributed by atoms with van der Waals surface area (Å²) in [4.78, 5) is 22.3. The Labute approximate surface area is 154 Å². The number of carbonyl (C=O) groups excluding carboxylic acids is 1. The average Bonchev–Trinajstić information content (AvgIpc) is 3.16. The highest BCUT2D eigenvalue weighted by Gasteiger charge is 2.16. The molecule has 0 aliphatic carbocycles. The van der Waals surface area contributed by atoms with Crippen LogP contribution in [0.15, 0.2) is 47.8 Å². The van der Waals surface area contributed by atoms with Crippen molar-refractivity contribution in [3.8, 4) is 22.0 Å². The lowest BCUT2D eigenvalue weighted by Gasteiger charge is -2.12. The first kappa shape index (κ1) is 17.5. The molecule has 0 aliphatic rings. The van der Waals surface area contributed by atoms with Crippen LogP contribution in [0.5, 0.6) is 0 Å². The maximum atomic E-state index is 12.4. The molecule has 128 valence electrons. The summed E-state index contributed by atoms with van der Waals surface area (Å²) in [6, 6.07) is 12.3. The molecule has 2 heterocycles. The summed E-state index contributed by atoms with van der Waals surface area (Å²) in [7, 11) is 0. The number of halogens is 1. The van der Waals surface area contributed by atoms with Gasteiger partial charge in [0.15, 0.2) is 5.82 Å². The van der Waals surface area contributed by atoms with Gasteiger partial charge in [0.25, 0.3) is 5.91 Å². The highest BCUT2D eigenvalue weighted by Crippen LogP contribution is 2.26. The Morgan fingerprint density at radius 2 is 2.04 bits per heavy atom. The van der Waals surface area contributed by atoms with E-state index < -0.39 is 0 Å². The predicted octanol–water partition coefficient (Wildman–Crippen LogP) is 3.64. The van der Waals surface area contributed by atoms with Crippen molar-refractivity contribution in [3.63, 3.8) is 0 Å². The van der Waals surface area contributed by atoms with Gasteiger partial charge in [0.1, 0.15) is 5.69 Å². The number of aromatic nitrogens is 2. The molecule has 3 aromatic rings. The van der Waals surface area contributed by atoms with E-state index in [1.54, 1.807) is 25.1 Å². The molecule has 1 aromatic carbocycles. The van der Waals surface area contributed by atoms with Crippen molar-refractivity contribution in [1.29, 1.82) is 0 Å². The summed E-state index contributed by atoms with van der Waals surface area (Å²) >= 11 is 7.45. The molecule has 25 heavy (non-hydrogen) atoms. The molecule has 0 unspecified atom stereocenters. The number of nitrogens with one attached hydrogen (secondary N) is 1. The molecular formula is C18H16ClN3O2S. The molecule has 1 amide bonds. The van der Waals surface area contributed by atoms with E-state index in [0.29, 0.717) is 16.5 Å². The van der Waals surface area contributed by atoms with Crippen LogP contribution in [0.2, 0.25) is 5.02 Å².